The average Bonchev–Trinajstić information content (AvgIpc) is 2.87. The first kappa shape index (κ1) is 40.7. The second-order valence-corrected chi connectivity index (χ2v) is 10.9. The van der Waals surface area contributed by atoms with Gasteiger partial charge in [0.25, 0.3) is 0 Å². The predicted octanol–water partition coefficient (Wildman–Crippen LogP) is 12.6. The first-order valence-corrected chi connectivity index (χ1v) is 16.3. The molecule has 0 aliphatic carbocycles. The van der Waals surface area contributed by atoms with E-state index < -0.39 is 0 Å². The molecular weight excluding hydrogens is 488 g/mol. The number of hydrogen-bond donors (Lipinski definition) is 0. The Morgan fingerprint density at radius 3 is 0.889 bits per heavy atom. The molecule has 0 unspecified atom stereocenters. The summed E-state index contributed by atoms with van der Waals surface area (Å²) in [6.07, 6.45) is 37.7. The fourth-order valence-electron chi connectivity index (χ4n) is 4.55. The predicted molar refractivity (Wildman–Crippen MR) is 161 cm³/mol. The maximum atomic E-state index is 12.0. The van der Waals surface area contributed by atoms with Crippen molar-refractivity contribution in [2.45, 2.75) is 200 Å². The van der Waals surface area contributed by atoms with Crippen LogP contribution < -0.4 is 0 Å². The van der Waals surface area contributed by atoms with Crippen LogP contribution in [-0.2, 0) is 21.9 Å². The minimum absolute atomic E-state index is 0. The number of Topliss-reactive ketones (excluding diaryl/α,β-unsaturated/α-hetero) is 1. The zero-order valence-electron chi connectivity index (χ0n) is 25.1. The molecule has 0 aliphatic rings. The molecule has 0 saturated carbocycles. The van der Waals surface area contributed by atoms with E-state index >= 15 is 0 Å². The number of ketones is 1. The molecule has 0 N–H and O–H groups in total. The Hall–Kier alpha value is 0.189. The molecule has 1 nitrogen and oxygen atoms in total. The van der Waals surface area contributed by atoms with Crippen LogP contribution in [0.5, 0.6) is 0 Å². The Labute approximate surface area is 241 Å². The monoisotopic (exact) mass is 555 g/mol. The molecule has 0 saturated heterocycles. The molecule has 0 aromatic carbocycles. The van der Waals surface area contributed by atoms with Crippen LogP contribution in [0.25, 0.3) is 0 Å². The minimum atomic E-state index is 0. The molecule has 0 aromatic heterocycles. The summed E-state index contributed by atoms with van der Waals surface area (Å²) in [6.45, 7) is 11.9. The third-order valence-electron chi connectivity index (χ3n) is 7.12. The summed E-state index contributed by atoms with van der Waals surface area (Å²) >= 11 is 0. The van der Waals surface area contributed by atoms with Gasteiger partial charge in [0, 0.05) is 12.8 Å². The normalized spacial score (nSPS) is 10.6. The van der Waals surface area contributed by atoms with Gasteiger partial charge in [-0.05, 0) is 12.8 Å². The topological polar surface area (TPSA) is 17.1 Å². The van der Waals surface area contributed by atoms with Crippen LogP contribution >= 0.6 is 0 Å². The SMILES string of the molecule is [CH2-]CCC.[CH2-]CCCCCCCCCCCC(=O)CCCCCCCCCCCCCCCCC.[Cu+2]. The van der Waals surface area contributed by atoms with Gasteiger partial charge in [-0.3, -0.25) is 4.79 Å². The quantitative estimate of drug-likeness (QED) is 0.0532. The van der Waals surface area contributed by atoms with Gasteiger partial charge in [0.05, 0.1) is 0 Å². The van der Waals surface area contributed by atoms with E-state index in [1.165, 1.54) is 148 Å². The van der Waals surface area contributed by atoms with E-state index in [1.807, 2.05) is 0 Å². The summed E-state index contributed by atoms with van der Waals surface area (Å²) in [5, 5.41) is 0. The van der Waals surface area contributed by atoms with Crippen LogP contribution in [0.2, 0.25) is 0 Å². The van der Waals surface area contributed by atoms with Crippen LogP contribution in [-0.4, -0.2) is 5.78 Å². The van der Waals surface area contributed by atoms with Gasteiger partial charge in [0.15, 0.2) is 0 Å². The van der Waals surface area contributed by atoms with Crippen molar-refractivity contribution in [2.24, 2.45) is 0 Å². The standard InChI is InChI=1S/C30H59O.C4H9.Cu/c1-3-5-7-9-11-13-15-16-17-18-19-21-23-25-27-29-30(31)28-26-24-22-20-14-12-10-8-6-4-2;1-3-4-2;/h2-29H2,1H3;1,3-4H2,2H3;/q2*-1;+2. The zero-order chi connectivity index (χ0) is 26.1. The maximum Gasteiger partial charge on any atom is 2.00 e. The molecule has 1 radical (unpaired) electrons. The second-order valence-electron chi connectivity index (χ2n) is 10.9. The Bertz CT molecular complexity index is 366. The molecule has 0 heterocycles. The van der Waals surface area contributed by atoms with E-state index in [-0.39, 0.29) is 17.1 Å². The third-order valence-corrected chi connectivity index (χ3v) is 7.12. The summed E-state index contributed by atoms with van der Waals surface area (Å²) in [5.74, 6) is 0.517. The summed E-state index contributed by atoms with van der Waals surface area (Å²) in [5.41, 5.74) is 0. The molecule has 2 heteroatoms. The molecule has 221 valence electrons. The second kappa shape index (κ2) is 39.7. The van der Waals surface area contributed by atoms with Gasteiger partial charge in [0.2, 0.25) is 0 Å². The zero-order valence-corrected chi connectivity index (χ0v) is 26.1. The van der Waals surface area contributed by atoms with E-state index in [2.05, 4.69) is 27.7 Å². The van der Waals surface area contributed by atoms with Crippen molar-refractivity contribution in [3.05, 3.63) is 13.8 Å². The molecule has 0 aliphatic heterocycles. The molecule has 0 amide bonds. The van der Waals surface area contributed by atoms with Crippen LogP contribution in [0.15, 0.2) is 0 Å². The first-order valence-electron chi connectivity index (χ1n) is 16.3. The fourth-order valence-corrected chi connectivity index (χ4v) is 4.55. The van der Waals surface area contributed by atoms with Crippen LogP contribution in [0.3, 0.4) is 0 Å². The number of unbranched alkanes of at least 4 members (excludes halogenated alkanes) is 24. The molecule has 0 bridgehead atoms. The van der Waals surface area contributed by atoms with Crippen molar-refractivity contribution >= 4 is 5.78 Å². The Morgan fingerprint density at radius 1 is 0.389 bits per heavy atom. The minimum Gasteiger partial charge on any atom is -0.343 e. The van der Waals surface area contributed by atoms with Crippen LogP contribution in [0.1, 0.15) is 200 Å². The number of rotatable bonds is 28. The summed E-state index contributed by atoms with van der Waals surface area (Å²) < 4.78 is 0. The molecule has 36 heavy (non-hydrogen) atoms. The van der Waals surface area contributed by atoms with Crippen molar-refractivity contribution < 1.29 is 21.9 Å². The van der Waals surface area contributed by atoms with Gasteiger partial charge in [-0.1, -0.05) is 162 Å². The molecule has 0 rings (SSSR count). The fraction of sp³-hybridized carbons (Fsp3) is 0.912. The van der Waals surface area contributed by atoms with Gasteiger partial charge in [-0.15, -0.1) is 0 Å². The van der Waals surface area contributed by atoms with Crippen LogP contribution in [0.4, 0.5) is 0 Å². The number of carbonyl (C=O) groups is 1. The summed E-state index contributed by atoms with van der Waals surface area (Å²) in [4.78, 5) is 12.0. The Morgan fingerprint density at radius 2 is 0.639 bits per heavy atom. The van der Waals surface area contributed by atoms with Gasteiger partial charge in [-0.2, -0.15) is 12.8 Å². The number of carbonyl (C=O) groups excluding carboxylic acids is 1. The Kier molecular flexibility index (Phi) is 44.9. The summed E-state index contributed by atoms with van der Waals surface area (Å²) in [7, 11) is 0. The van der Waals surface area contributed by atoms with Gasteiger partial charge >= 0.3 is 17.1 Å². The Balaban J connectivity index is -0.00000201. The van der Waals surface area contributed by atoms with Crippen molar-refractivity contribution in [3.63, 3.8) is 0 Å². The summed E-state index contributed by atoms with van der Waals surface area (Å²) in [6, 6.07) is 0. The maximum absolute atomic E-state index is 12.0. The smallest absolute Gasteiger partial charge is 0.343 e. The van der Waals surface area contributed by atoms with Gasteiger partial charge in [0.1, 0.15) is 5.78 Å². The average molecular weight is 556 g/mol. The van der Waals surface area contributed by atoms with E-state index in [0.29, 0.717) is 5.78 Å². The van der Waals surface area contributed by atoms with Crippen LogP contribution in [0, 0.1) is 13.8 Å². The van der Waals surface area contributed by atoms with Crippen molar-refractivity contribution in [1.29, 1.82) is 0 Å². The van der Waals surface area contributed by atoms with Gasteiger partial charge < -0.3 is 13.8 Å². The van der Waals surface area contributed by atoms with E-state index in [0.717, 1.165) is 38.5 Å². The molecule has 0 fully saturated rings. The van der Waals surface area contributed by atoms with Gasteiger partial charge in [-0.25, -0.2) is 0 Å². The largest absolute Gasteiger partial charge is 2.00 e. The number of hydrogen-bond acceptors (Lipinski definition) is 1. The van der Waals surface area contributed by atoms with Crippen molar-refractivity contribution in [1.82, 2.24) is 0 Å². The van der Waals surface area contributed by atoms with E-state index in [1.54, 1.807) is 0 Å². The third kappa shape index (κ3) is 41.3. The van der Waals surface area contributed by atoms with Crippen molar-refractivity contribution in [2.75, 3.05) is 0 Å². The van der Waals surface area contributed by atoms with E-state index in [9.17, 15) is 4.79 Å². The molecular formula is C34H68CuO. The first-order chi connectivity index (χ1) is 17.2. The van der Waals surface area contributed by atoms with E-state index in [4.69, 9.17) is 0 Å². The molecule has 0 aromatic rings. The molecule has 0 spiro atoms. The van der Waals surface area contributed by atoms with Crippen molar-refractivity contribution in [3.8, 4) is 0 Å². The molecule has 0 atom stereocenters.